The number of esters is 1. The third kappa shape index (κ3) is 6.28. The van der Waals surface area contributed by atoms with Gasteiger partial charge in [-0.1, -0.05) is 17.7 Å². The zero-order valence-electron chi connectivity index (χ0n) is 16.0. The number of amides is 2. The summed E-state index contributed by atoms with van der Waals surface area (Å²) in [4.78, 5) is 38.2. The van der Waals surface area contributed by atoms with Crippen LogP contribution in [0.2, 0.25) is 0 Å². The Balaban J connectivity index is 1.96. The van der Waals surface area contributed by atoms with Gasteiger partial charge in [-0.3, -0.25) is 19.7 Å². The van der Waals surface area contributed by atoms with Crippen LogP contribution in [0.15, 0.2) is 24.3 Å². The normalized spacial score (nSPS) is 16.3. The number of thiocarbonyl (C=S) groups is 1. The maximum atomic E-state index is 12.4. The van der Waals surface area contributed by atoms with Crippen LogP contribution in [0.5, 0.6) is 0 Å². The lowest BCUT2D eigenvalue weighted by Gasteiger charge is -2.36. The third-order valence-electron chi connectivity index (χ3n) is 4.18. The molecule has 1 heterocycles. The highest BCUT2D eigenvalue weighted by Gasteiger charge is 2.34. The van der Waals surface area contributed by atoms with Crippen molar-refractivity contribution >= 4 is 35.1 Å². The number of carbonyl (C=O) groups excluding carboxylic acids is 3. The molecule has 1 aromatic carbocycles. The van der Waals surface area contributed by atoms with Crippen molar-refractivity contribution in [3.8, 4) is 0 Å². The van der Waals surface area contributed by atoms with E-state index >= 15 is 0 Å². The highest BCUT2D eigenvalue weighted by Crippen LogP contribution is 2.11. The van der Waals surface area contributed by atoms with Crippen molar-refractivity contribution in [1.29, 1.82) is 0 Å². The van der Waals surface area contributed by atoms with Gasteiger partial charge in [0.05, 0.1) is 13.0 Å². The molecule has 1 unspecified atom stereocenters. The Morgan fingerprint density at radius 3 is 2.68 bits per heavy atom. The average Bonchev–Trinajstić information content (AvgIpc) is 2.67. The fraction of sp³-hybridized carbons (Fsp3) is 0.474. The molecule has 2 amide bonds. The molecule has 9 heteroatoms. The molecule has 0 aromatic heterocycles. The fourth-order valence-corrected chi connectivity index (χ4v) is 2.99. The van der Waals surface area contributed by atoms with E-state index in [1.165, 1.54) is 0 Å². The third-order valence-corrected chi connectivity index (χ3v) is 4.52. The second kappa shape index (κ2) is 10.7. The summed E-state index contributed by atoms with van der Waals surface area (Å²) >= 11 is 5.32. The molecule has 2 N–H and O–H groups in total. The average molecular weight is 407 g/mol. The van der Waals surface area contributed by atoms with Crippen molar-refractivity contribution in [1.82, 2.24) is 15.5 Å². The number of carbonyl (C=O) groups is 3. The number of ether oxygens (including phenoxy) is 2. The first kappa shape index (κ1) is 21.8. The summed E-state index contributed by atoms with van der Waals surface area (Å²) in [7, 11) is 0. The first-order valence-electron chi connectivity index (χ1n) is 9.12. The van der Waals surface area contributed by atoms with E-state index in [0.717, 1.165) is 5.56 Å². The van der Waals surface area contributed by atoms with Gasteiger partial charge in [-0.25, -0.2) is 0 Å². The van der Waals surface area contributed by atoms with Gasteiger partial charge in [0.25, 0.3) is 5.91 Å². The van der Waals surface area contributed by atoms with Gasteiger partial charge in [0, 0.05) is 25.3 Å². The Kier molecular flexibility index (Phi) is 8.34. The van der Waals surface area contributed by atoms with E-state index in [2.05, 4.69) is 10.6 Å². The molecule has 1 aromatic rings. The van der Waals surface area contributed by atoms with Gasteiger partial charge in [-0.2, -0.15) is 0 Å². The fourth-order valence-electron chi connectivity index (χ4n) is 2.68. The van der Waals surface area contributed by atoms with Crippen LogP contribution in [0.4, 0.5) is 0 Å². The minimum Gasteiger partial charge on any atom is -0.463 e. The van der Waals surface area contributed by atoms with E-state index in [1.54, 1.807) is 17.0 Å². The Hall–Kier alpha value is -2.52. The molecule has 1 aliphatic heterocycles. The SMILES string of the molecule is CCOCCOC(=O)CC1C(=O)NCCN1C(=S)NC(=O)c1ccc(C)cc1. The Bertz CT molecular complexity index is 723. The molecule has 8 nitrogen and oxygen atoms in total. The number of piperazine rings is 1. The first-order chi connectivity index (χ1) is 13.4. The van der Waals surface area contributed by atoms with Crippen LogP contribution in [-0.4, -0.2) is 66.7 Å². The maximum absolute atomic E-state index is 12.4. The zero-order valence-corrected chi connectivity index (χ0v) is 16.8. The molecule has 0 radical (unpaired) electrons. The van der Waals surface area contributed by atoms with E-state index in [1.807, 2.05) is 26.0 Å². The summed E-state index contributed by atoms with van der Waals surface area (Å²) in [6.45, 7) is 5.48. The quantitative estimate of drug-likeness (QED) is 0.392. The molecule has 1 aliphatic rings. The van der Waals surface area contributed by atoms with Crippen molar-refractivity contribution in [3.63, 3.8) is 0 Å². The van der Waals surface area contributed by atoms with Crippen molar-refractivity contribution < 1.29 is 23.9 Å². The Morgan fingerprint density at radius 1 is 1.29 bits per heavy atom. The molecule has 0 aliphatic carbocycles. The van der Waals surface area contributed by atoms with Gasteiger partial charge >= 0.3 is 5.97 Å². The number of hydrogen-bond acceptors (Lipinski definition) is 6. The molecule has 152 valence electrons. The second-order valence-electron chi connectivity index (χ2n) is 6.25. The Labute approximate surface area is 169 Å². The minimum atomic E-state index is -0.834. The van der Waals surface area contributed by atoms with Crippen molar-refractivity contribution in [3.05, 3.63) is 35.4 Å². The van der Waals surface area contributed by atoms with Crippen LogP contribution < -0.4 is 10.6 Å². The smallest absolute Gasteiger partial charge is 0.308 e. The van der Waals surface area contributed by atoms with Crippen LogP contribution in [0.1, 0.15) is 29.3 Å². The van der Waals surface area contributed by atoms with Gasteiger partial charge in [-0.05, 0) is 38.2 Å². The van der Waals surface area contributed by atoms with Gasteiger partial charge in [0.2, 0.25) is 5.91 Å². The summed E-state index contributed by atoms with van der Waals surface area (Å²) < 4.78 is 10.2. The molecule has 0 saturated carbocycles. The molecular weight excluding hydrogens is 382 g/mol. The standard InChI is InChI=1S/C19H25N3O5S/c1-3-26-10-11-27-16(23)12-15-18(25)20-8-9-22(15)19(28)21-17(24)14-6-4-13(2)5-7-14/h4-7,15H,3,8-12H2,1-2H3,(H,20,25)(H,21,24,28). The van der Waals surface area contributed by atoms with Crippen molar-refractivity contribution in [2.45, 2.75) is 26.3 Å². The highest BCUT2D eigenvalue weighted by atomic mass is 32.1. The highest BCUT2D eigenvalue weighted by molar-refractivity contribution is 7.80. The van der Waals surface area contributed by atoms with E-state index < -0.39 is 12.0 Å². The lowest BCUT2D eigenvalue weighted by atomic mass is 10.1. The lowest BCUT2D eigenvalue weighted by Crippen LogP contribution is -2.60. The predicted octanol–water partition coefficient (Wildman–Crippen LogP) is 0.780. The van der Waals surface area contributed by atoms with Crippen LogP contribution in [0.3, 0.4) is 0 Å². The van der Waals surface area contributed by atoms with E-state index in [-0.39, 0.29) is 30.0 Å². The van der Waals surface area contributed by atoms with E-state index in [9.17, 15) is 14.4 Å². The molecular formula is C19H25N3O5S. The van der Waals surface area contributed by atoms with E-state index in [4.69, 9.17) is 21.7 Å². The monoisotopic (exact) mass is 407 g/mol. The van der Waals surface area contributed by atoms with Gasteiger partial charge in [0.1, 0.15) is 12.6 Å². The molecule has 28 heavy (non-hydrogen) atoms. The Morgan fingerprint density at radius 2 is 2.00 bits per heavy atom. The molecule has 1 atom stereocenters. The predicted molar refractivity (Wildman–Crippen MR) is 107 cm³/mol. The number of rotatable bonds is 7. The number of nitrogens with zero attached hydrogens (tertiary/aromatic N) is 1. The molecule has 2 rings (SSSR count). The zero-order chi connectivity index (χ0) is 20.5. The van der Waals surface area contributed by atoms with Gasteiger partial charge in [-0.15, -0.1) is 0 Å². The number of aryl methyl sites for hydroxylation is 1. The summed E-state index contributed by atoms with van der Waals surface area (Å²) in [5.74, 6) is -1.23. The van der Waals surface area contributed by atoms with Crippen molar-refractivity contribution in [2.75, 3.05) is 32.9 Å². The summed E-state index contributed by atoms with van der Waals surface area (Å²) in [5, 5.41) is 5.44. The number of hydrogen-bond donors (Lipinski definition) is 2. The van der Waals surface area contributed by atoms with Crippen LogP contribution in [0.25, 0.3) is 0 Å². The van der Waals surface area contributed by atoms with Gasteiger partial charge in [0.15, 0.2) is 5.11 Å². The van der Waals surface area contributed by atoms with Crippen molar-refractivity contribution in [2.24, 2.45) is 0 Å². The lowest BCUT2D eigenvalue weighted by molar-refractivity contribution is -0.148. The van der Waals surface area contributed by atoms with E-state index in [0.29, 0.717) is 31.9 Å². The van der Waals surface area contributed by atoms with Gasteiger partial charge < -0.3 is 19.7 Å². The van der Waals surface area contributed by atoms with Crippen LogP contribution in [-0.2, 0) is 19.1 Å². The van der Waals surface area contributed by atoms with Crippen LogP contribution in [0, 0.1) is 6.92 Å². The topological polar surface area (TPSA) is 97.0 Å². The minimum absolute atomic E-state index is 0.104. The molecule has 0 bridgehead atoms. The second-order valence-corrected chi connectivity index (χ2v) is 6.63. The number of benzene rings is 1. The number of nitrogens with one attached hydrogen (secondary N) is 2. The summed E-state index contributed by atoms with van der Waals surface area (Å²) in [5.41, 5.74) is 1.50. The first-order valence-corrected chi connectivity index (χ1v) is 9.53. The maximum Gasteiger partial charge on any atom is 0.308 e. The largest absolute Gasteiger partial charge is 0.463 e. The molecule has 1 saturated heterocycles. The molecule has 0 spiro atoms. The van der Waals surface area contributed by atoms with Crippen LogP contribution >= 0.6 is 12.2 Å². The summed E-state index contributed by atoms with van der Waals surface area (Å²) in [6, 6.07) is 6.22. The molecule has 1 fully saturated rings. The summed E-state index contributed by atoms with van der Waals surface area (Å²) in [6.07, 6.45) is -0.168.